The lowest BCUT2D eigenvalue weighted by molar-refractivity contribution is 0.0421. The predicted octanol–water partition coefficient (Wildman–Crippen LogP) is 10.1. The van der Waals surface area contributed by atoms with Crippen molar-refractivity contribution >= 4 is 0 Å². The summed E-state index contributed by atoms with van der Waals surface area (Å²) in [5, 5.41) is 11.0. The van der Waals surface area contributed by atoms with Crippen molar-refractivity contribution in [3.05, 3.63) is 71.8 Å². The molecule has 0 fully saturated rings. The van der Waals surface area contributed by atoms with E-state index >= 15 is 0 Å². The van der Waals surface area contributed by atoms with Gasteiger partial charge in [-0.3, -0.25) is 4.90 Å². The highest BCUT2D eigenvalue weighted by molar-refractivity contribution is 5.17. The molecule has 0 bridgehead atoms. The summed E-state index contributed by atoms with van der Waals surface area (Å²) in [5.74, 6) is 0. The third-order valence-electron chi connectivity index (χ3n) is 7.94. The first-order valence-corrected chi connectivity index (χ1v) is 15.7. The molecule has 0 aliphatic carbocycles. The third-order valence-corrected chi connectivity index (χ3v) is 7.94. The molecular weight excluding hydrogens is 450 g/mol. The number of hydrogen-bond acceptors (Lipinski definition) is 2. The van der Waals surface area contributed by atoms with Crippen LogP contribution in [0, 0.1) is 0 Å². The van der Waals surface area contributed by atoms with Crippen molar-refractivity contribution in [2.75, 3.05) is 0 Å². The molecule has 2 aromatic carbocycles. The van der Waals surface area contributed by atoms with E-state index in [2.05, 4.69) is 79.4 Å². The van der Waals surface area contributed by atoms with Gasteiger partial charge in [0.2, 0.25) is 0 Å². The van der Waals surface area contributed by atoms with Gasteiger partial charge in [0.15, 0.2) is 0 Å². The lowest BCUT2D eigenvalue weighted by Crippen LogP contribution is -2.40. The Morgan fingerprint density at radius 1 is 0.541 bits per heavy atom. The molecule has 0 aromatic heterocycles. The van der Waals surface area contributed by atoms with Gasteiger partial charge in [0.1, 0.15) is 0 Å². The third kappa shape index (κ3) is 15.4. The van der Waals surface area contributed by atoms with E-state index in [-0.39, 0.29) is 12.1 Å². The van der Waals surface area contributed by atoms with E-state index in [0.717, 1.165) is 25.9 Å². The minimum Gasteiger partial charge on any atom is -0.392 e. The fraction of sp³-hybridized carbons (Fsp3) is 0.657. The normalized spacial score (nSPS) is 13.2. The summed E-state index contributed by atoms with van der Waals surface area (Å²) in [7, 11) is 0. The van der Waals surface area contributed by atoms with Crippen LogP contribution in [0.3, 0.4) is 0 Å². The second kappa shape index (κ2) is 21.3. The molecule has 0 aliphatic rings. The number of aliphatic hydroxyl groups excluding tert-OH is 1. The van der Waals surface area contributed by atoms with Crippen molar-refractivity contribution in [2.45, 2.75) is 148 Å². The van der Waals surface area contributed by atoms with Gasteiger partial charge in [-0.2, -0.15) is 0 Å². The van der Waals surface area contributed by atoms with Crippen LogP contribution in [0.1, 0.15) is 134 Å². The molecule has 2 aromatic rings. The van der Waals surface area contributed by atoms with Crippen LogP contribution in [0.25, 0.3) is 0 Å². The van der Waals surface area contributed by atoms with Gasteiger partial charge in [-0.05, 0) is 24.5 Å². The lowest BCUT2D eigenvalue weighted by Gasteiger charge is -2.32. The molecule has 2 nitrogen and oxygen atoms in total. The van der Waals surface area contributed by atoms with Gasteiger partial charge in [0.25, 0.3) is 0 Å². The van der Waals surface area contributed by atoms with Crippen LogP contribution in [0.15, 0.2) is 60.7 Å². The van der Waals surface area contributed by atoms with E-state index in [1.165, 1.54) is 107 Å². The number of unbranched alkanes of at least 4 members (excludes halogenated alkanes) is 15. The van der Waals surface area contributed by atoms with Crippen molar-refractivity contribution in [1.29, 1.82) is 0 Å². The summed E-state index contributed by atoms with van der Waals surface area (Å²) in [6, 6.07) is 21.4. The van der Waals surface area contributed by atoms with Crippen LogP contribution >= 0.6 is 0 Å². The summed E-state index contributed by atoms with van der Waals surface area (Å²) in [6.45, 7) is 6.23. The van der Waals surface area contributed by atoms with Crippen molar-refractivity contribution < 1.29 is 5.11 Å². The van der Waals surface area contributed by atoms with E-state index in [1.54, 1.807) is 0 Å². The smallest absolute Gasteiger partial charge is 0.0693 e. The van der Waals surface area contributed by atoms with Crippen molar-refractivity contribution in [2.24, 2.45) is 0 Å². The molecule has 37 heavy (non-hydrogen) atoms. The molecule has 208 valence electrons. The van der Waals surface area contributed by atoms with E-state index in [1.807, 2.05) is 0 Å². The minimum atomic E-state index is -0.279. The Hall–Kier alpha value is -1.64. The molecule has 2 heteroatoms. The fourth-order valence-corrected chi connectivity index (χ4v) is 5.37. The van der Waals surface area contributed by atoms with Crippen LogP contribution in [-0.2, 0) is 13.1 Å². The van der Waals surface area contributed by atoms with Crippen LogP contribution in [0.5, 0.6) is 0 Å². The van der Waals surface area contributed by atoms with Crippen molar-refractivity contribution in [3.63, 3.8) is 0 Å². The quantitative estimate of drug-likeness (QED) is 0.151. The Morgan fingerprint density at radius 2 is 0.892 bits per heavy atom. The standard InChI is InChI=1S/C35H57NO/c1-3-4-5-6-7-8-9-10-11-12-13-14-15-16-17-24-29-35(37)32(2)36(30-33-25-20-18-21-26-33)31-34-27-22-19-23-28-34/h18-23,25-28,32,35,37H,3-17,24,29-31H2,1-2H3. The van der Waals surface area contributed by atoms with Gasteiger partial charge in [-0.25, -0.2) is 0 Å². The maximum atomic E-state index is 11.0. The summed E-state index contributed by atoms with van der Waals surface area (Å²) >= 11 is 0. The molecule has 0 spiro atoms. The molecule has 0 amide bonds. The first kappa shape index (κ1) is 31.6. The Balaban J connectivity index is 1.54. The van der Waals surface area contributed by atoms with E-state index in [4.69, 9.17) is 0 Å². The summed E-state index contributed by atoms with van der Waals surface area (Å²) in [6.07, 6.45) is 22.8. The zero-order valence-corrected chi connectivity index (χ0v) is 24.3. The Bertz CT molecular complexity index is 705. The Labute approximate surface area is 229 Å². The van der Waals surface area contributed by atoms with Gasteiger partial charge >= 0.3 is 0 Å². The van der Waals surface area contributed by atoms with Crippen LogP contribution in [0.4, 0.5) is 0 Å². The lowest BCUT2D eigenvalue weighted by atomic mass is 10.0. The molecule has 0 saturated carbocycles. The highest BCUT2D eigenvalue weighted by Crippen LogP contribution is 2.19. The van der Waals surface area contributed by atoms with Gasteiger partial charge in [0, 0.05) is 19.1 Å². The molecule has 0 radical (unpaired) electrons. The molecule has 2 atom stereocenters. The zero-order chi connectivity index (χ0) is 26.4. The first-order valence-electron chi connectivity index (χ1n) is 15.7. The molecule has 0 aliphatic heterocycles. The second-order valence-corrected chi connectivity index (χ2v) is 11.3. The van der Waals surface area contributed by atoms with Crippen LogP contribution < -0.4 is 0 Å². The molecule has 2 unspecified atom stereocenters. The Kier molecular flexibility index (Phi) is 18.2. The van der Waals surface area contributed by atoms with Gasteiger partial charge in [-0.15, -0.1) is 0 Å². The van der Waals surface area contributed by atoms with Crippen LogP contribution in [0.2, 0.25) is 0 Å². The second-order valence-electron chi connectivity index (χ2n) is 11.3. The molecular formula is C35H57NO. The van der Waals surface area contributed by atoms with E-state index in [0.29, 0.717) is 0 Å². The summed E-state index contributed by atoms with van der Waals surface area (Å²) in [5.41, 5.74) is 2.61. The van der Waals surface area contributed by atoms with Crippen molar-refractivity contribution in [3.8, 4) is 0 Å². The first-order chi connectivity index (χ1) is 18.2. The Morgan fingerprint density at radius 3 is 1.27 bits per heavy atom. The van der Waals surface area contributed by atoms with E-state index < -0.39 is 0 Å². The van der Waals surface area contributed by atoms with Gasteiger partial charge < -0.3 is 5.11 Å². The van der Waals surface area contributed by atoms with Gasteiger partial charge in [0.05, 0.1) is 6.10 Å². The maximum absolute atomic E-state index is 11.0. The number of rotatable bonds is 23. The number of nitrogens with zero attached hydrogens (tertiary/aromatic N) is 1. The molecule has 0 heterocycles. The molecule has 1 N–H and O–H groups in total. The zero-order valence-electron chi connectivity index (χ0n) is 24.3. The SMILES string of the molecule is CCCCCCCCCCCCCCCCCCC(O)C(C)N(Cc1ccccc1)Cc1ccccc1. The number of aliphatic hydroxyl groups is 1. The summed E-state index contributed by atoms with van der Waals surface area (Å²) in [4.78, 5) is 2.43. The van der Waals surface area contributed by atoms with E-state index in [9.17, 15) is 5.11 Å². The topological polar surface area (TPSA) is 23.5 Å². The number of benzene rings is 2. The maximum Gasteiger partial charge on any atom is 0.0693 e. The predicted molar refractivity (Wildman–Crippen MR) is 162 cm³/mol. The average Bonchev–Trinajstić information content (AvgIpc) is 2.93. The van der Waals surface area contributed by atoms with Crippen LogP contribution in [-0.4, -0.2) is 22.2 Å². The average molecular weight is 508 g/mol. The highest BCUT2D eigenvalue weighted by Gasteiger charge is 2.22. The molecule has 0 saturated heterocycles. The summed E-state index contributed by atoms with van der Waals surface area (Å²) < 4.78 is 0. The minimum absolute atomic E-state index is 0.136. The fourth-order valence-electron chi connectivity index (χ4n) is 5.37. The van der Waals surface area contributed by atoms with Crippen molar-refractivity contribution in [1.82, 2.24) is 4.90 Å². The number of hydrogen-bond donors (Lipinski definition) is 1. The molecule has 2 rings (SSSR count). The van der Waals surface area contributed by atoms with Gasteiger partial charge in [-0.1, -0.05) is 170 Å². The highest BCUT2D eigenvalue weighted by atomic mass is 16.3. The monoisotopic (exact) mass is 507 g/mol. The largest absolute Gasteiger partial charge is 0.392 e.